The molecule has 0 aliphatic heterocycles. The van der Waals surface area contributed by atoms with E-state index < -0.39 is 0 Å². The van der Waals surface area contributed by atoms with Crippen molar-refractivity contribution in [1.82, 2.24) is 15.6 Å². The Hall–Kier alpha value is -0.890. The summed E-state index contributed by atoms with van der Waals surface area (Å²) in [5, 5.41) is 7.00. The van der Waals surface area contributed by atoms with Crippen molar-refractivity contribution in [2.45, 2.75) is 65.6 Å². The normalized spacial score (nSPS) is 21.9. The zero-order chi connectivity index (χ0) is 17.6. The summed E-state index contributed by atoms with van der Waals surface area (Å²) in [5.74, 6) is 0.839. The van der Waals surface area contributed by atoms with E-state index in [0.717, 1.165) is 37.5 Å². The maximum Gasteiger partial charge on any atom is 0.191 e. The van der Waals surface area contributed by atoms with Crippen LogP contribution in [0.15, 0.2) is 23.3 Å². The number of aromatic nitrogens is 1. The van der Waals surface area contributed by atoms with Crippen molar-refractivity contribution >= 4 is 29.9 Å². The van der Waals surface area contributed by atoms with Gasteiger partial charge in [0.1, 0.15) is 0 Å². The fraction of sp³-hybridized carbons (Fsp3) is 0.684. The highest BCUT2D eigenvalue weighted by atomic mass is 127. The number of aryl methyl sites for hydroxylation is 1. The van der Waals surface area contributed by atoms with Crippen LogP contribution in [0.25, 0.3) is 0 Å². The van der Waals surface area contributed by atoms with Crippen molar-refractivity contribution in [3.05, 3.63) is 29.6 Å². The lowest BCUT2D eigenvalue weighted by Crippen LogP contribution is -2.65. The molecule has 1 heterocycles. The summed E-state index contributed by atoms with van der Waals surface area (Å²) in [6, 6.07) is 4.45. The van der Waals surface area contributed by atoms with Gasteiger partial charge in [-0.2, -0.15) is 0 Å². The number of nitrogens with one attached hydrogen (secondary N) is 2. The van der Waals surface area contributed by atoms with Gasteiger partial charge in [0, 0.05) is 31.3 Å². The summed E-state index contributed by atoms with van der Waals surface area (Å²) < 4.78 is 5.96. The third-order valence-corrected chi connectivity index (χ3v) is 5.55. The highest BCUT2D eigenvalue weighted by molar-refractivity contribution is 14.0. The molecule has 1 aromatic heterocycles. The highest BCUT2D eigenvalue weighted by Gasteiger charge is 2.53. The van der Waals surface area contributed by atoms with Crippen LogP contribution in [0.5, 0.6) is 0 Å². The van der Waals surface area contributed by atoms with E-state index in [4.69, 9.17) is 4.74 Å². The molecule has 0 bridgehead atoms. The SMILES string of the molecule is CCOC1CC(NC(=NC)NCc2ncccc2C)C1(CC)CC.I. The molecule has 0 aromatic carbocycles. The number of hydrogen-bond donors (Lipinski definition) is 2. The van der Waals surface area contributed by atoms with E-state index in [0.29, 0.717) is 18.7 Å². The fourth-order valence-electron chi connectivity index (χ4n) is 3.81. The first-order valence-electron chi connectivity index (χ1n) is 9.10. The van der Waals surface area contributed by atoms with E-state index in [9.17, 15) is 0 Å². The van der Waals surface area contributed by atoms with Crippen molar-refractivity contribution in [3.63, 3.8) is 0 Å². The third-order valence-electron chi connectivity index (χ3n) is 5.55. The van der Waals surface area contributed by atoms with Crippen molar-refractivity contribution in [1.29, 1.82) is 0 Å². The van der Waals surface area contributed by atoms with Crippen molar-refractivity contribution in [2.75, 3.05) is 13.7 Å². The third kappa shape index (κ3) is 4.84. The first kappa shape index (κ1) is 22.2. The number of rotatable bonds is 7. The molecule has 0 radical (unpaired) electrons. The van der Waals surface area contributed by atoms with Gasteiger partial charge >= 0.3 is 0 Å². The van der Waals surface area contributed by atoms with Gasteiger partial charge in [-0.05, 0) is 44.7 Å². The zero-order valence-corrected chi connectivity index (χ0v) is 18.5. The van der Waals surface area contributed by atoms with Crippen molar-refractivity contribution in [3.8, 4) is 0 Å². The van der Waals surface area contributed by atoms with Crippen molar-refractivity contribution < 1.29 is 4.74 Å². The number of guanidine groups is 1. The van der Waals surface area contributed by atoms with Gasteiger partial charge in [0.25, 0.3) is 0 Å². The number of aliphatic imine (C=N–C) groups is 1. The van der Waals surface area contributed by atoms with E-state index >= 15 is 0 Å². The standard InChI is InChI=1S/C19H32N4O.HI/c1-6-19(7-2)16(12-17(19)24-8-3)23-18(20-5)22-13-15-14(4)10-9-11-21-15;/h9-11,16-17H,6-8,12-13H2,1-5H3,(H2,20,22,23);1H. The minimum Gasteiger partial charge on any atom is -0.378 e. The van der Waals surface area contributed by atoms with Gasteiger partial charge in [-0.3, -0.25) is 9.98 Å². The van der Waals surface area contributed by atoms with Crippen LogP contribution in [0, 0.1) is 12.3 Å². The van der Waals surface area contributed by atoms with Gasteiger partial charge in [-0.25, -0.2) is 0 Å². The number of pyridine rings is 1. The topological polar surface area (TPSA) is 58.5 Å². The van der Waals surface area contributed by atoms with Crippen LogP contribution in [0.4, 0.5) is 0 Å². The van der Waals surface area contributed by atoms with Crippen LogP contribution < -0.4 is 10.6 Å². The van der Waals surface area contributed by atoms with Gasteiger partial charge in [-0.1, -0.05) is 19.9 Å². The average Bonchev–Trinajstić information content (AvgIpc) is 2.59. The summed E-state index contributed by atoms with van der Waals surface area (Å²) in [5.41, 5.74) is 2.45. The molecule has 142 valence electrons. The second-order valence-electron chi connectivity index (χ2n) is 6.51. The molecule has 2 rings (SSSR count). The van der Waals surface area contributed by atoms with E-state index in [-0.39, 0.29) is 29.4 Å². The lowest BCUT2D eigenvalue weighted by molar-refractivity contribution is -0.133. The maximum absolute atomic E-state index is 5.96. The number of ether oxygens (including phenoxy) is 1. The Labute approximate surface area is 169 Å². The van der Waals surface area contributed by atoms with E-state index in [1.54, 1.807) is 0 Å². The largest absolute Gasteiger partial charge is 0.378 e. The predicted molar refractivity (Wildman–Crippen MR) is 115 cm³/mol. The molecule has 2 atom stereocenters. The van der Waals surface area contributed by atoms with Crippen LogP contribution in [0.2, 0.25) is 0 Å². The van der Waals surface area contributed by atoms with Crippen LogP contribution in [0.1, 0.15) is 51.3 Å². The molecule has 0 amide bonds. The summed E-state index contributed by atoms with van der Waals surface area (Å²) in [6.45, 7) is 10.1. The molecular weight excluding hydrogens is 427 g/mol. The van der Waals surface area contributed by atoms with Gasteiger partial charge in [0.2, 0.25) is 0 Å². The molecule has 1 aromatic rings. The Morgan fingerprint density at radius 1 is 1.36 bits per heavy atom. The van der Waals surface area contributed by atoms with Gasteiger partial charge in [0.15, 0.2) is 5.96 Å². The molecule has 1 aliphatic rings. The molecule has 2 N–H and O–H groups in total. The molecule has 1 saturated carbocycles. The quantitative estimate of drug-likeness (QED) is 0.371. The van der Waals surface area contributed by atoms with Crippen LogP contribution in [-0.4, -0.2) is 36.7 Å². The van der Waals surface area contributed by atoms with E-state index in [2.05, 4.69) is 54.4 Å². The fourth-order valence-corrected chi connectivity index (χ4v) is 3.81. The van der Waals surface area contributed by atoms with Gasteiger partial charge < -0.3 is 15.4 Å². The van der Waals surface area contributed by atoms with Gasteiger partial charge in [-0.15, -0.1) is 24.0 Å². The average molecular weight is 460 g/mol. The van der Waals surface area contributed by atoms with Crippen LogP contribution in [0.3, 0.4) is 0 Å². The molecule has 0 spiro atoms. The maximum atomic E-state index is 5.96. The van der Waals surface area contributed by atoms with Gasteiger partial charge in [0.05, 0.1) is 18.3 Å². The molecule has 25 heavy (non-hydrogen) atoms. The Kier molecular flexibility index (Phi) is 9.13. The minimum absolute atomic E-state index is 0. The minimum atomic E-state index is 0. The van der Waals surface area contributed by atoms with E-state index in [1.807, 2.05) is 19.3 Å². The Balaban J connectivity index is 0.00000312. The molecule has 6 heteroatoms. The monoisotopic (exact) mass is 460 g/mol. The van der Waals surface area contributed by atoms with E-state index in [1.165, 1.54) is 5.56 Å². The summed E-state index contributed by atoms with van der Waals surface area (Å²) in [7, 11) is 1.82. The second kappa shape index (κ2) is 10.3. The number of halogens is 1. The lowest BCUT2D eigenvalue weighted by atomic mass is 9.58. The number of nitrogens with zero attached hydrogens (tertiary/aromatic N) is 2. The first-order chi connectivity index (χ1) is 11.6. The molecule has 1 aliphatic carbocycles. The first-order valence-corrected chi connectivity index (χ1v) is 9.10. The Bertz CT molecular complexity index is 560. The second-order valence-corrected chi connectivity index (χ2v) is 6.51. The predicted octanol–water partition coefficient (Wildman–Crippen LogP) is 3.66. The molecule has 1 fully saturated rings. The Morgan fingerprint density at radius 3 is 2.64 bits per heavy atom. The molecule has 5 nitrogen and oxygen atoms in total. The highest BCUT2D eigenvalue weighted by Crippen LogP contribution is 2.48. The van der Waals surface area contributed by atoms with Crippen LogP contribution in [-0.2, 0) is 11.3 Å². The molecule has 0 saturated heterocycles. The van der Waals surface area contributed by atoms with Crippen molar-refractivity contribution in [2.24, 2.45) is 10.4 Å². The zero-order valence-electron chi connectivity index (χ0n) is 16.1. The smallest absolute Gasteiger partial charge is 0.191 e. The van der Waals surface area contributed by atoms with Crippen LogP contribution >= 0.6 is 24.0 Å². The summed E-state index contributed by atoms with van der Waals surface area (Å²) in [4.78, 5) is 8.82. The Morgan fingerprint density at radius 2 is 2.08 bits per heavy atom. The summed E-state index contributed by atoms with van der Waals surface area (Å²) in [6.07, 6.45) is 5.45. The number of hydrogen-bond acceptors (Lipinski definition) is 3. The lowest BCUT2D eigenvalue weighted by Gasteiger charge is -2.55. The summed E-state index contributed by atoms with van der Waals surface area (Å²) >= 11 is 0. The molecule has 2 unspecified atom stereocenters. The molecular formula is C19H33IN4O.